The highest BCUT2D eigenvalue weighted by Gasteiger charge is 2.29. The zero-order valence-electron chi connectivity index (χ0n) is 10.4. The van der Waals surface area contributed by atoms with Gasteiger partial charge < -0.3 is 10.6 Å². The van der Waals surface area contributed by atoms with Crippen LogP contribution in [0, 0.1) is 6.92 Å². The summed E-state index contributed by atoms with van der Waals surface area (Å²) in [6.45, 7) is 1.86. The SMILES string of the molecule is Cc1[nH]ncc1C(=O)N(C)C1CCCCC1N. The number of hydrogen-bond acceptors (Lipinski definition) is 3. The second kappa shape index (κ2) is 4.87. The summed E-state index contributed by atoms with van der Waals surface area (Å²) < 4.78 is 0. The maximum absolute atomic E-state index is 12.3. The summed E-state index contributed by atoms with van der Waals surface area (Å²) in [6.07, 6.45) is 5.92. The van der Waals surface area contributed by atoms with Crippen molar-refractivity contribution in [3.8, 4) is 0 Å². The van der Waals surface area contributed by atoms with Crippen LogP contribution < -0.4 is 5.73 Å². The first-order valence-corrected chi connectivity index (χ1v) is 6.14. The smallest absolute Gasteiger partial charge is 0.257 e. The van der Waals surface area contributed by atoms with Gasteiger partial charge in [-0.2, -0.15) is 5.10 Å². The molecule has 1 saturated carbocycles. The van der Waals surface area contributed by atoms with Crippen LogP contribution in [0.1, 0.15) is 41.7 Å². The minimum atomic E-state index is 0.0126. The Morgan fingerprint density at radius 3 is 2.82 bits per heavy atom. The van der Waals surface area contributed by atoms with Crippen LogP contribution in [-0.4, -0.2) is 40.1 Å². The summed E-state index contributed by atoms with van der Waals surface area (Å²) in [5.41, 5.74) is 7.55. The largest absolute Gasteiger partial charge is 0.337 e. The van der Waals surface area contributed by atoms with Gasteiger partial charge in [0.1, 0.15) is 0 Å². The molecule has 1 aliphatic carbocycles. The average Bonchev–Trinajstić information content (AvgIpc) is 2.74. The Balaban J connectivity index is 2.11. The standard InChI is InChI=1S/C12H20N4O/c1-8-9(7-14-15-8)12(17)16(2)11-6-4-3-5-10(11)13/h7,10-11H,3-6,13H2,1-2H3,(H,14,15). The lowest BCUT2D eigenvalue weighted by Gasteiger charge is -2.35. The molecule has 0 aromatic carbocycles. The first-order chi connectivity index (χ1) is 8.11. The van der Waals surface area contributed by atoms with Gasteiger partial charge in [-0.1, -0.05) is 12.8 Å². The predicted octanol–water partition coefficient (Wildman–Crippen LogP) is 1.06. The highest BCUT2D eigenvalue weighted by Crippen LogP contribution is 2.22. The number of aromatic amines is 1. The molecule has 5 heteroatoms. The fourth-order valence-corrected chi connectivity index (χ4v) is 2.53. The van der Waals surface area contributed by atoms with Crippen LogP contribution in [0.3, 0.4) is 0 Å². The van der Waals surface area contributed by atoms with Crippen molar-refractivity contribution in [2.45, 2.75) is 44.7 Å². The summed E-state index contributed by atoms with van der Waals surface area (Å²) in [5, 5.41) is 6.68. The number of carbonyl (C=O) groups is 1. The summed E-state index contributed by atoms with van der Waals surface area (Å²) >= 11 is 0. The molecule has 1 amide bonds. The molecule has 94 valence electrons. The van der Waals surface area contributed by atoms with Gasteiger partial charge in [-0.15, -0.1) is 0 Å². The Morgan fingerprint density at radius 2 is 2.24 bits per heavy atom. The molecule has 1 heterocycles. The fraction of sp³-hybridized carbons (Fsp3) is 0.667. The van der Waals surface area contributed by atoms with E-state index in [2.05, 4.69) is 10.2 Å². The number of aromatic nitrogens is 2. The molecule has 5 nitrogen and oxygen atoms in total. The molecule has 17 heavy (non-hydrogen) atoms. The zero-order valence-corrected chi connectivity index (χ0v) is 10.4. The molecule has 0 saturated heterocycles. The second-order valence-corrected chi connectivity index (χ2v) is 4.84. The van der Waals surface area contributed by atoms with Crippen molar-refractivity contribution in [2.75, 3.05) is 7.05 Å². The van der Waals surface area contributed by atoms with Crippen LogP contribution in [0.2, 0.25) is 0 Å². The first-order valence-electron chi connectivity index (χ1n) is 6.14. The van der Waals surface area contributed by atoms with Crippen molar-refractivity contribution in [3.63, 3.8) is 0 Å². The third-order valence-electron chi connectivity index (χ3n) is 3.66. The molecular weight excluding hydrogens is 216 g/mol. The van der Waals surface area contributed by atoms with E-state index in [9.17, 15) is 4.79 Å². The minimum absolute atomic E-state index is 0.0126. The van der Waals surface area contributed by atoms with Crippen LogP contribution >= 0.6 is 0 Å². The maximum atomic E-state index is 12.3. The van der Waals surface area contributed by atoms with E-state index < -0.39 is 0 Å². The molecule has 2 unspecified atom stereocenters. The molecule has 2 atom stereocenters. The zero-order chi connectivity index (χ0) is 12.4. The lowest BCUT2D eigenvalue weighted by atomic mass is 9.90. The van der Waals surface area contributed by atoms with E-state index in [1.165, 1.54) is 6.42 Å². The van der Waals surface area contributed by atoms with E-state index in [0.29, 0.717) is 5.56 Å². The van der Waals surface area contributed by atoms with Crippen LogP contribution in [0.15, 0.2) is 6.20 Å². The van der Waals surface area contributed by atoms with E-state index in [1.54, 1.807) is 11.1 Å². The summed E-state index contributed by atoms with van der Waals surface area (Å²) in [5.74, 6) is 0.0126. The number of nitrogens with zero attached hydrogens (tertiary/aromatic N) is 2. The molecule has 0 spiro atoms. The lowest BCUT2D eigenvalue weighted by molar-refractivity contribution is 0.0671. The number of likely N-dealkylation sites (N-methyl/N-ethyl adjacent to an activating group) is 1. The molecular formula is C12H20N4O. The number of aryl methyl sites for hydroxylation is 1. The molecule has 2 rings (SSSR count). The van der Waals surface area contributed by atoms with Gasteiger partial charge in [0, 0.05) is 24.8 Å². The number of H-pyrrole nitrogens is 1. The molecule has 3 N–H and O–H groups in total. The van der Waals surface area contributed by atoms with Gasteiger partial charge in [0.2, 0.25) is 0 Å². The van der Waals surface area contributed by atoms with Crippen LogP contribution in [0.25, 0.3) is 0 Å². The summed E-state index contributed by atoms with van der Waals surface area (Å²) in [6, 6.07) is 0.260. The number of amides is 1. The van der Waals surface area contributed by atoms with Crippen LogP contribution in [0.4, 0.5) is 0 Å². The summed E-state index contributed by atoms with van der Waals surface area (Å²) in [7, 11) is 1.84. The van der Waals surface area contributed by atoms with Crippen molar-refractivity contribution in [2.24, 2.45) is 5.73 Å². The van der Waals surface area contributed by atoms with E-state index in [4.69, 9.17) is 5.73 Å². The van der Waals surface area contributed by atoms with Gasteiger partial charge in [0.25, 0.3) is 5.91 Å². The summed E-state index contributed by atoms with van der Waals surface area (Å²) in [4.78, 5) is 14.1. The van der Waals surface area contributed by atoms with Gasteiger partial charge in [-0.25, -0.2) is 0 Å². The predicted molar refractivity (Wildman–Crippen MR) is 65.6 cm³/mol. The van der Waals surface area contributed by atoms with Crippen molar-refractivity contribution >= 4 is 5.91 Å². The van der Waals surface area contributed by atoms with Crippen molar-refractivity contribution in [1.29, 1.82) is 0 Å². The van der Waals surface area contributed by atoms with Gasteiger partial charge in [-0.3, -0.25) is 9.89 Å². The van der Waals surface area contributed by atoms with Crippen LogP contribution in [-0.2, 0) is 0 Å². The fourth-order valence-electron chi connectivity index (χ4n) is 2.53. The molecule has 0 bridgehead atoms. The van der Waals surface area contributed by atoms with Crippen LogP contribution in [0.5, 0.6) is 0 Å². The third-order valence-corrected chi connectivity index (χ3v) is 3.66. The second-order valence-electron chi connectivity index (χ2n) is 4.84. The Bertz CT molecular complexity index is 401. The van der Waals surface area contributed by atoms with Gasteiger partial charge in [0.05, 0.1) is 11.8 Å². The molecule has 1 aromatic heterocycles. The van der Waals surface area contributed by atoms with Crippen molar-refractivity contribution < 1.29 is 4.79 Å². The topological polar surface area (TPSA) is 75.0 Å². The van der Waals surface area contributed by atoms with E-state index >= 15 is 0 Å². The van der Waals surface area contributed by atoms with Gasteiger partial charge in [0.15, 0.2) is 0 Å². The Hall–Kier alpha value is -1.36. The minimum Gasteiger partial charge on any atom is -0.337 e. The molecule has 0 aliphatic heterocycles. The number of nitrogens with one attached hydrogen (secondary N) is 1. The molecule has 1 aliphatic rings. The highest BCUT2D eigenvalue weighted by molar-refractivity contribution is 5.95. The Morgan fingerprint density at radius 1 is 1.53 bits per heavy atom. The monoisotopic (exact) mass is 236 g/mol. The molecule has 0 radical (unpaired) electrons. The van der Waals surface area contributed by atoms with Gasteiger partial charge >= 0.3 is 0 Å². The molecule has 1 aromatic rings. The molecule has 1 fully saturated rings. The quantitative estimate of drug-likeness (QED) is 0.806. The van der Waals surface area contributed by atoms with Crippen molar-refractivity contribution in [3.05, 3.63) is 17.5 Å². The maximum Gasteiger partial charge on any atom is 0.257 e. The first kappa shape index (κ1) is 12.1. The van der Waals surface area contributed by atoms with Gasteiger partial charge in [-0.05, 0) is 19.8 Å². The van der Waals surface area contributed by atoms with Crippen molar-refractivity contribution in [1.82, 2.24) is 15.1 Å². The normalized spacial score (nSPS) is 24.6. The number of nitrogens with two attached hydrogens (primary N) is 1. The average molecular weight is 236 g/mol. The number of carbonyl (C=O) groups excluding carboxylic acids is 1. The highest BCUT2D eigenvalue weighted by atomic mass is 16.2. The Labute approximate surface area is 101 Å². The number of rotatable bonds is 2. The Kier molecular flexibility index (Phi) is 3.47. The number of hydrogen-bond donors (Lipinski definition) is 2. The van der Waals surface area contributed by atoms with E-state index in [-0.39, 0.29) is 18.0 Å². The van der Waals surface area contributed by atoms with E-state index in [0.717, 1.165) is 25.0 Å². The third kappa shape index (κ3) is 2.34. The van der Waals surface area contributed by atoms with E-state index in [1.807, 2.05) is 14.0 Å². The lowest BCUT2D eigenvalue weighted by Crippen LogP contribution is -2.50.